The summed E-state index contributed by atoms with van der Waals surface area (Å²) in [4.78, 5) is 35.3. The highest BCUT2D eigenvalue weighted by Gasteiger charge is 2.25. The Kier molecular flexibility index (Phi) is 17.9. The largest absolute Gasteiger partial charge is 0.333 e. The average molecular weight is 565 g/mol. The summed E-state index contributed by atoms with van der Waals surface area (Å²) in [7, 11) is 1.83. The van der Waals surface area contributed by atoms with Crippen LogP contribution >= 0.6 is 0 Å². The Morgan fingerprint density at radius 1 is 0.902 bits per heavy atom. The van der Waals surface area contributed by atoms with Crippen LogP contribution in [-0.2, 0) is 11.3 Å². The number of likely N-dealkylation sites (N-methyl/N-ethyl adjacent to an activating group) is 1. The van der Waals surface area contributed by atoms with Crippen LogP contribution in [0.5, 0.6) is 0 Å². The van der Waals surface area contributed by atoms with Gasteiger partial charge in [0, 0.05) is 31.5 Å². The molecular weight excluding hydrogens is 512 g/mol. The summed E-state index contributed by atoms with van der Waals surface area (Å²) in [6.07, 6.45) is 7.66. The van der Waals surface area contributed by atoms with Gasteiger partial charge in [-0.25, -0.2) is 4.79 Å². The van der Waals surface area contributed by atoms with Gasteiger partial charge < -0.3 is 15.4 Å². The highest BCUT2D eigenvalue weighted by atomic mass is 16.2. The number of aldehydes is 1. The molecule has 226 valence electrons. The lowest BCUT2D eigenvalue weighted by Crippen LogP contribution is -2.29. The van der Waals surface area contributed by atoms with E-state index in [9.17, 15) is 14.4 Å². The number of ketones is 1. The maximum Gasteiger partial charge on any atom is 0.333 e. The molecule has 3 rings (SSSR count). The Hall–Kier alpha value is -3.29. The number of hydrogen-bond acceptors (Lipinski definition) is 5. The predicted molar refractivity (Wildman–Crippen MR) is 172 cm³/mol. The number of para-hydroxylation sites is 1. The number of imidazole rings is 1. The monoisotopic (exact) mass is 564 g/mol. The molecular formula is C34H52N4O3. The van der Waals surface area contributed by atoms with E-state index >= 15 is 0 Å². The first-order chi connectivity index (χ1) is 19.7. The normalized spacial score (nSPS) is 10.4. The van der Waals surface area contributed by atoms with E-state index in [1.165, 1.54) is 52.1 Å². The fraction of sp³-hybridized carbons (Fsp3) is 0.500. The molecule has 0 unspecified atom stereocenters. The van der Waals surface area contributed by atoms with E-state index in [0.717, 1.165) is 23.1 Å². The third kappa shape index (κ3) is 12.0. The van der Waals surface area contributed by atoms with E-state index < -0.39 is 0 Å². The topological polar surface area (TPSA) is 85.1 Å². The number of nitrogens with zero attached hydrogens (tertiary/aromatic N) is 2. The van der Waals surface area contributed by atoms with Crippen molar-refractivity contribution in [2.24, 2.45) is 5.92 Å². The second-order valence-corrected chi connectivity index (χ2v) is 10.5. The number of carbonyl (C=O) groups is 2. The highest BCUT2D eigenvalue weighted by Crippen LogP contribution is 2.27. The van der Waals surface area contributed by atoms with E-state index in [1.807, 2.05) is 82.4 Å². The Morgan fingerprint density at radius 2 is 1.54 bits per heavy atom. The van der Waals surface area contributed by atoms with E-state index in [4.69, 9.17) is 0 Å². The first-order valence-corrected chi connectivity index (χ1v) is 15.0. The van der Waals surface area contributed by atoms with Crippen LogP contribution < -0.4 is 16.3 Å². The molecule has 7 nitrogen and oxygen atoms in total. The molecule has 0 amide bonds. The first-order valence-electron chi connectivity index (χ1n) is 15.0. The van der Waals surface area contributed by atoms with E-state index in [2.05, 4.69) is 24.5 Å². The maximum absolute atomic E-state index is 13.3. The summed E-state index contributed by atoms with van der Waals surface area (Å²) in [5, 5.41) is 6.44. The first kappa shape index (κ1) is 35.7. The van der Waals surface area contributed by atoms with Gasteiger partial charge >= 0.3 is 5.69 Å². The minimum absolute atomic E-state index is 0.121. The minimum Gasteiger partial charge on any atom is -0.318 e. The predicted octanol–water partition coefficient (Wildman–Crippen LogP) is 6.44. The van der Waals surface area contributed by atoms with Crippen LogP contribution in [0.4, 0.5) is 0 Å². The lowest BCUT2D eigenvalue weighted by molar-refractivity contribution is -0.110. The van der Waals surface area contributed by atoms with Gasteiger partial charge in [0.25, 0.3) is 0 Å². The molecule has 0 bridgehead atoms. The van der Waals surface area contributed by atoms with Crippen molar-refractivity contribution in [3.05, 3.63) is 76.3 Å². The van der Waals surface area contributed by atoms with E-state index in [1.54, 1.807) is 9.13 Å². The maximum atomic E-state index is 13.3. The molecule has 0 atom stereocenters. The Morgan fingerprint density at radius 3 is 2.07 bits per heavy atom. The van der Waals surface area contributed by atoms with Crippen LogP contribution in [0, 0.1) is 12.8 Å². The van der Waals surface area contributed by atoms with Crippen LogP contribution in [0.15, 0.2) is 59.4 Å². The van der Waals surface area contributed by atoms with E-state index in [0.29, 0.717) is 24.5 Å². The Bertz CT molecular complexity index is 1200. The summed E-state index contributed by atoms with van der Waals surface area (Å²) in [6.45, 7) is 15.1. The Balaban J connectivity index is 0.000000465. The SMILES string of the molecule is CC(C)C=O.CCCCCCNCCC.CNCCn1c(C(C)=O)c(-c2ccccc2)n(-c2ccccc2C)c1=O. The summed E-state index contributed by atoms with van der Waals surface area (Å²) < 4.78 is 3.24. The van der Waals surface area contributed by atoms with Gasteiger partial charge in [-0.1, -0.05) is 95.5 Å². The molecule has 1 aromatic heterocycles. The number of Topliss-reactive ketones (excluding diaryl/α,β-unsaturated/α-hetero) is 1. The smallest absolute Gasteiger partial charge is 0.318 e. The van der Waals surface area contributed by atoms with Gasteiger partial charge in [-0.05, 0) is 51.5 Å². The van der Waals surface area contributed by atoms with Crippen molar-refractivity contribution in [1.29, 1.82) is 0 Å². The number of carbonyl (C=O) groups excluding carboxylic acids is 2. The molecule has 0 radical (unpaired) electrons. The third-order valence-electron chi connectivity index (χ3n) is 6.37. The van der Waals surface area contributed by atoms with Crippen molar-refractivity contribution in [3.63, 3.8) is 0 Å². The third-order valence-corrected chi connectivity index (χ3v) is 6.37. The lowest BCUT2D eigenvalue weighted by Gasteiger charge is -2.11. The van der Waals surface area contributed by atoms with Crippen LogP contribution in [0.2, 0.25) is 0 Å². The number of aromatic nitrogens is 2. The van der Waals surface area contributed by atoms with Gasteiger partial charge in [-0.15, -0.1) is 0 Å². The zero-order chi connectivity index (χ0) is 30.6. The molecule has 0 fully saturated rings. The van der Waals surface area contributed by atoms with Gasteiger partial charge in [0.2, 0.25) is 0 Å². The average Bonchev–Trinajstić information content (AvgIpc) is 3.27. The molecule has 7 heteroatoms. The van der Waals surface area contributed by atoms with Crippen LogP contribution in [0.25, 0.3) is 16.9 Å². The number of rotatable bonds is 14. The fourth-order valence-corrected chi connectivity index (χ4v) is 4.21. The van der Waals surface area contributed by atoms with Gasteiger partial charge in [0.15, 0.2) is 5.78 Å². The van der Waals surface area contributed by atoms with E-state index in [-0.39, 0.29) is 17.4 Å². The lowest BCUT2D eigenvalue weighted by atomic mass is 10.1. The molecule has 0 spiro atoms. The number of aryl methyl sites for hydroxylation is 1. The summed E-state index contributed by atoms with van der Waals surface area (Å²) in [5.74, 6) is 0.0828. The molecule has 0 saturated carbocycles. The van der Waals surface area contributed by atoms with Crippen LogP contribution in [0.1, 0.15) is 82.8 Å². The molecule has 1 heterocycles. The molecule has 0 saturated heterocycles. The second-order valence-electron chi connectivity index (χ2n) is 10.5. The molecule has 41 heavy (non-hydrogen) atoms. The standard InChI is InChI=1S/C21H23N3O2.C9H21N.C4H8O/c1-15-9-7-8-12-18(15)24-20(17-10-5-4-6-11-17)19(16(2)25)23(21(24)26)14-13-22-3;1-3-5-6-7-9-10-8-4-2;1-4(2)3-5/h4-12,22H,13-14H2,1-3H3;10H,3-9H2,1-2H3;3-4H,1-2H3. The summed E-state index contributed by atoms with van der Waals surface area (Å²) in [5.41, 5.74) is 3.52. The highest BCUT2D eigenvalue weighted by molar-refractivity contribution is 5.99. The summed E-state index contributed by atoms with van der Waals surface area (Å²) in [6, 6.07) is 17.3. The Labute approximate surface area is 247 Å². The number of hydrogen-bond donors (Lipinski definition) is 2. The van der Waals surface area contributed by atoms with Crippen molar-refractivity contribution in [2.75, 3.05) is 26.7 Å². The molecule has 3 aromatic rings. The van der Waals surface area contributed by atoms with Crippen molar-refractivity contribution in [3.8, 4) is 16.9 Å². The number of benzene rings is 2. The van der Waals surface area contributed by atoms with Crippen LogP contribution in [0.3, 0.4) is 0 Å². The molecule has 2 aromatic carbocycles. The van der Waals surface area contributed by atoms with Gasteiger partial charge in [0.1, 0.15) is 12.0 Å². The van der Waals surface area contributed by atoms with Crippen LogP contribution in [-0.4, -0.2) is 47.9 Å². The quantitative estimate of drug-likeness (QED) is 0.134. The second kappa shape index (κ2) is 20.6. The zero-order valence-corrected chi connectivity index (χ0v) is 26.3. The number of nitrogens with one attached hydrogen (secondary N) is 2. The minimum atomic E-state index is -0.196. The summed E-state index contributed by atoms with van der Waals surface area (Å²) >= 11 is 0. The van der Waals surface area contributed by atoms with Gasteiger partial charge in [-0.2, -0.15) is 0 Å². The van der Waals surface area contributed by atoms with Gasteiger partial charge in [0.05, 0.1) is 11.4 Å². The van der Waals surface area contributed by atoms with Crippen molar-refractivity contribution in [2.45, 2.75) is 80.2 Å². The molecule has 0 aliphatic rings. The van der Waals surface area contributed by atoms with Crippen molar-refractivity contribution >= 4 is 12.1 Å². The van der Waals surface area contributed by atoms with Crippen molar-refractivity contribution in [1.82, 2.24) is 19.8 Å². The van der Waals surface area contributed by atoms with Crippen molar-refractivity contribution < 1.29 is 9.59 Å². The fourth-order valence-electron chi connectivity index (χ4n) is 4.21. The molecule has 0 aliphatic heterocycles. The number of unbranched alkanes of at least 4 members (excludes halogenated alkanes) is 3. The molecule has 0 aliphatic carbocycles. The molecule has 2 N–H and O–H groups in total. The zero-order valence-electron chi connectivity index (χ0n) is 26.3. The van der Waals surface area contributed by atoms with Gasteiger partial charge in [-0.3, -0.25) is 13.9 Å².